The van der Waals surface area contributed by atoms with Crippen LogP contribution in [0.25, 0.3) is 0 Å². The van der Waals surface area contributed by atoms with Crippen LogP contribution in [0.4, 0.5) is 0 Å². The number of ketones is 1. The number of carbonyl (C=O) groups excluding carboxylic acids is 2. The zero-order chi connectivity index (χ0) is 18.2. The molecule has 0 N–H and O–H groups in total. The SMILES string of the molecule is C=C1C(=O)[C@@]23CC[C@@H]4C(C)(C)CCC[C@@]4(C)[C@@H]2[C@@H](OC(C)=O)C[C@@H]1C3. The summed E-state index contributed by atoms with van der Waals surface area (Å²) in [4.78, 5) is 25.2. The molecule has 4 rings (SSSR count). The van der Waals surface area contributed by atoms with Gasteiger partial charge in [0.25, 0.3) is 0 Å². The highest BCUT2D eigenvalue weighted by Crippen LogP contribution is 2.71. The number of rotatable bonds is 1. The molecule has 138 valence electrons. The zero-order valence-corrected chi connectivity index (χ0v) is 16.2. The van der Waals surface area contributed by atoms with Crippen molar-refractivity contribution in [1.29, 1.82) is 0 Å². The highest BCUT2D eigenvalue weighted by molar-refractivity contribution is 6.03. The van der Waals surface area contributed by atoms with E-state index >= 15 is 0 Å². The van der Waals surface area contributed by atoms with E-state index in [1.807, 2.05) is 0 Å². The Kier molecular flexibility index (Phi) is 3.60. The number of hydrogen-bond donors (Lipinski definition) is 0. The molecule has 4 aliphatic carbocycles. The average molecular weight is 344 g/mol. The fourth-order valence-corrected chi connectivity index (χ4v) is 7.84. The zero-order valence-electron chi connectivity index (χ0n) is 16.2. The number of carbonyl (C=O) groups is 2. The first-order chi connectivity index (χ1) is 11.6. The van der Waals surface area contributed by atoms with Gasteiger partial charge in [0.15, 0.2) is 5.78 Å². The fourth-order valence-electron chi connectivity index (χ4n) is 7.84. The quantitative estimate of drug-likeness (QED) is 0.512. The number of ether oxygens (including phenoxy) is 1. The molecule has 3 heteroatoms. The minimum absolute atomic E-state index is 0.0748. The summed E-state index contributed by atoms with van der Waals surface area (Å²) in [5.41, 5.74) is 0.853. The van der Waals surface area contributed by atoms with Crippen molar-refractivity contribution < 1.29 is 14.3 Å². The van der Waals surface area contributed by atoms with E-state index in [-0.39, 0.29) is 34.7 Å². The highest BCUT2D eigenvalue weighted by Gasteiger charge is 2.69. The number of allylic oxidation sites excluding steroid dienone is 1. The first-order valence-corrected chi connectivity index (χ1v) is 10.0. The molecule has 0 heterocycles. The molecule has 2 bridgehead atoms. The standard InChI is InChI=1S/C22H32O3/c1-13-15-11-16(25-14(2)23)18-21(5)9-6-8-20(3,4)17(21)7-10-22(18,12-15)19(13)24/h15-18H,1,6-12H2,2-5H3/t15-,16+,17-,18+,21-,22-/m1/s1. The Morgan fingerprint density at radius 3 is 2.60 bits per heavy atom. The van der Waals surface area contributed by atoms with Crippen LogP contribution < -0.4 is 0 Å². The van der Waals surface area contributed by atoms with Crippen LogP contribution in [0.2, 0.25) is 0 Å². The van der Waals surface area contributed by atoms with Gasteiger partial charge in [0.2, 0.25) is 0 Å². The highest BCUT2D eigenvalue weighted by atomic mass is 16.5. The third kappa shape index (κ3) is 2.16. The second kappa shape index (κ2) is 5.20. The molecule has 0 aromatic heterocycles. The number of fused-ring (bicyclic) bond motifs is 3. The number of hydrogen-bond acceptors (Lipinski definition) is 3. The van der Waals surface area contributed by atoms with E-state index in [0.717, 1.165) is 37.7 Å². The lowest BCUT2D eigenvalue weighted by Gasteiger charge is -2.64. The summed E-state index contributed by atoms with van der Waals surface area (Å²) in [5.74, 6) is 1.05. The Hall–Kier alpha value is -1.12. The molecular formula is C22H32O3. The molecule has 4 aliphatic rings. The lowest BCUT2D eigenvalue weighted by atomic mass is 9.40. The van der Waals surface area contributed by atoms with Crippen LogP contribution in [-0.4, -0.2) is 17.9 Å². The van der Waals surface area contributed by atoms with Gasteiger partial charge in [-0.3, -0.25) is 9.59 Å². The van der Waals surface area contributed by atoms with Gasteiger partial charge in [-0.1, -0.05) is 33.8 Å². The first-order valence-electron chi connectivity index (χ1n) is 10.0. The molecule has 0 amide bonds. The summed E-state index contributed by atoms with van der Waals surface area (Å²) >= 11 is 0. The van der Waals surface area contributed by atoms with E-state index < -0.39 is 0 Å². The predicted octanol–water partition coefficient (Wildman–Crippen LogP) is 4.70. The molecule has 4 fully saturated rings. The van der Waals surface area contributed by atoms with Crippen molar-refractivity contribution in [2.75, 3.05) is 0 Å². The maximum Gasteiger partial charge on any atom is 0.302 e. The van der Waals surface area contributed by atoms with Crippen molar-refractivity contribution in [2.24, 2.45) is 34.0 Å². The fraction of sp³-hybridized carbons (Fsp3) is 0.818. The summed E-state index contributed by atoms with van der Waals surface area (Å²) in [7, 11) is 0. The van der Waals surface area contributed by atoms with Crippen molar-refractivity contribution in [1.82, 2.24) is 0 Å². The van der Waals surface area contributed by atoms with E-state index in [1.54, 1.807) is 0 Å². The Morgan fingerprint density at radius 1 is 1.20 bits per heavy atom. The summed E-state index contributed by atoms with van der Waals surface area (Å²) < 4.78 is 5.88. The van der Waals surface area contributed by atoms with Crippen LogP contribution in [-0.2, 0) is 14.3 Å². The van der Waals surface area contributed by atoms with E-state index in [4.69, 9.17) is 4.74 Å². The minimum atomic E-state index is -0.321. The molecule has 0 radical (unpaired) electrons. The summed E-state index contributed by atoms with van der Waals surface area (Å²) in [6.45, 7) is 12.8. The molecule has 0 unspecified atom stereocenters. The Balaban J connectivity index is 1.84. The van der Waals surface area contributed by atoms with Crippen molar-refractivity contribution in [2.45, 2.75) is 78.7 Å². The van der Waals surface area contributed by atoms with E-state index in [2.05, 4.69) is 27.4 Å². The topological polar surface area (TPSA) is 43.4 Å². The van der Waals surface area contributed by atoms with Gasteiger partial charge in [-0.05, 0) is 66.8 Å². The van der Waals surface area contributed by atoms with Crippen molar-refractivity contribution >= 4 is 11.8 Å². The van der Waals surface area contributed by atoms with Crippen LogP contribution in [0.3, 0.4) is 0 Å². The maximum atomic E-state index is 13.3. The monoisotopic (exact) mass is 344 g/mol. The van der Waals surface area contributed by atoms with Crippen LogP contribution in [0, 0.1) is 34.0 Å². The van der Waals surface area contributed by atoms with Gasteiger partial charge in [0, 0.05) is 18.3 Å². The molecule has 6 atom stereocenters. The lowest BCUT2D eigenvalue weighted by molar-refractivity contribution is -0.200. The molecule has 0 aromatic carbocycles. The van der Waals surface area contributed by atoms with Crippen LogP contribution >= 0.6 is 0 Å². The van der Waals surface area contributed by atoms with Gasteiger partial charge in [-0.2, -0.15) is 0 Å². The van der Waals surface area contributed by atoms with Crippen molar-refractivity contribution in [3.8, 4) is 0 Å². The predicted molar refractivity (Wildman–Crippen MR) is 96.8 cm³/mol. The molecule has 1 spiro atoms. The van der Waals surface area contributed by atoms with Crippen LogP contribution in [0.1, 0.15) is 72.6 Å². The largest absolute Gasteiger partial charge is 0.462 e. The smallest absolute Gasteiger partial charge is 0.302 e. The number of Topliss-reactive ketones (excluding diaryl/α,β-unsaturated/α-hetero) is 1. The molecule has 0 aliphatic heterocycles. The van der Waals surface area contributed by atoms with Crippen LogP contribution in [0.15, 0.2) is 12.2 Å². The normalized spacial score (nSPS) is 47.8. The lowest BCUT2D eigenvalue weighted by Crippen LogP contribution is -2.61. The van der Waals surface area contributed by atoms with Gasteiger partial charge in [0.05, 0.1) is 0 Å². The van der Waals surface area contributed by atoms with Crippen LogP contribution in [0.5, 0.6) is 0 Å². The molecule has 3 nitrogen and oxygen atoms in total. The van der Waals surface area contributed by atoms with Gasteiger partial charge in [0.1, 0.15) is 6.10 Å². The average Bonchev–Trinajstić information content (AvgIpc) is 2.67. The van der Waals surface area contributed by atoms with Crippen molar-refractivity contribution in [3.63, 3.8) is 0 Å². The molecular weight excluding hydrogens is 312 g/mol. The summed E-state index contributed by atoms with van der Waals surface area (Å²) in [6.07, 6.45) is 7.30. The molecule has 0 aromatic rings. The third-order valence-corrected chi connectivity index (χ3v) is 8.51. The van der Waals surface area contributed by atoms with Gasteiger partial charge < -0.3 is 4.74 Å². The summed E-state index contributed by atoms with van der Waals surface area (Å²) in [6, 6.07) is 0. The molecule has 25 heavy (non-hydrogen) atoms. The Bertz CT molecular complexity index is 648. The van der Waals surface area contributed by atoms with E-state index in [1.165, 1.54) is 19.8 Å². The minimum Gasteiger partial charge on any atom is -0.462 e. The van der Waals surface area contributed by atoms with Gasteiger partial charge in [-0.15, -0.1) is 0 Å². The van der Waals surface area contributed by atoms with Crippen molar-refractivity contribution in [3.05, 3.63) is 12.2 Å². The summed E-state index contributed by atoms with van der Waals surface area (Å²) in [5, 5.41) is 0. The first kappa shape index (κ1) is 17.3. The van der Waals surface area contributed by atoms with Gasteiger partial charge in [-0.25, -0.2) is 0 Å². The second-order valence-corrected chi connectivity index (χ2v) is 10.2. The van der Waals surface area contributed by atoms with E-state index in [9.17, 15) is 9.59 Å². The van der Waals surface area contributed by atoms with Gasteiger partial charge >= 0.3 is 5.97 Å². The second-order valence-electron chi connectivity index (χ2n) is 10.2. The maximum absolute atomic E-state index is 13.3. The third-order valence-electron chi connectivity index (χ3n) is 8.51. The molecule has 4 saturated carbocycles. The molecule has 0 saturated heterocycles. The Morgan fingerprint density at radius 2 is 1.92 bits per heavy atom. The number of esters is 1. The van der Waals surface area contributed by atoms with E-state index in [0.29, 0.717) is 17.1 Å². The Labute approximate surface area is 151 Å².